The van der Waals surface area contributed by atoms with Gasteiger partial charge in [0.05, 0.1) is 11.4 Å². The Morgan fingerprint density at radius 1 is 0.897 bits per heavy atom. The lowest BCUT2D eigenvalue weighted by Gasteiger charge is -2.12. The molecule has 4 aromatic rings. The number of imidazole rings is 1. The minimum atomic E-state index is -0.185. The Morgan fingerprint density at radius 3 is 2.24 bits per heavy atom. The van der Waals surface area contributed by atoms with Crippen molar-refractivity contribution < 1.29 is 0 Å². The van der Waals surface area contributed by atoms with Crippen molar-refractivity contribution in [3.63, 3.8) is 0 Å². The van der Waals surface area contributed by atoms with E-state index in [0.29, 0.717) is 17.4 Å². The minimum Gasteiger partial charge on any atom is -0.366 e. The van der Waals surface area contributed by atoms with Crippen molar-refractivity contribution >= 4 is 17.4 Å². The van der Waals surface area contributed by atoms with Crippen LogP contribution in [0, 0.1) is 0 Å². The molecule has 0 aliphatic carbocycles. The van der Waals surface area contributed by atoms with Gasteiger partial charge in [-0.25, -0.2) is 4.79 Å². The molecule has 2 N–H and O–H groups in total. The number of halogens is 1. The van der Waals surface area contributed by atoms with Crippen LogP contribution in [0.15, 0.2) is 83.7 Å². The summed E-state index contributed by atoms with van der Waals surface area (Å²) in [5, 5.41) is 4.04. The molecule has 3 aromatic carbocycles. The molecule has 0 spiro atoms. The molecule has 0 amide bonds. The van der Waals surface area contributed by atoms with Crippen molar-refractivity contribution in [2.24, 2.45) is 0 Å². The molecule has 0 unspecified atom stereocenters. The van der Waals surface area contributed by atoms with Gasteiger partial charge >= 0.3 is 5.69 Å². The Bertz CT molecular complexity index is 1140. The van der Waals surface area contributed by atoms with E-state index in [4.69, 9.17) is 11.6 Å². The molecular formula is C24H22ClN3O. The molecule has 0 saturated heterocycles. The Hall–Kier alpha value is -3.24. The lowest BCUT2D eigenvalue weighted by atomic mass is 10.1. The highest BCUT2D eigenvalue weighted by molar-refractivity contribution is 6.30. The molecule has 5 heteroatoms. The molecule has 0 fully saturated rings. The number of benzene rings is 3. The SMILES string of the molecule is CCc1ccc(-n2c(-c3ccc(Cl)cc3)c(NCc3ccccc3)[nH]c2=O)cc1. The van der Waals surface area contributed by atoms with Crippen LogP contribution in [0.2, 0.25) is 5.02 Å². The smallest absolute Gasteiger partial charge is 0.332 e. The molecule has 0 saturated carbocycles. The van der Waals surface area contributed by atoms with Crippen molar-refractivity contribution in [1.82, 2.24) is 9.55 Å². The van der Waals surface area contributed by atoms with Gasteiger partial charge in [-0.3, -0.25) is 9.55 Å². The highest BCUT2D eigenvalue weighted by Gasteiger charge is 2.17. The van der Waals surface area contributed by atoms with Crippen LogP contribution in [0.1, 0.15) is 18.1 Å². The van der Waals surface area contributed by atoms with E-state index in [1.54, 1.807) is 4.57 Å². The zero-order valence-electron chi connectivity index (χ0n) is 16.2. The van der Waals surface area contributed by atoms with Gasteiger partial charge < -0.3 is 5.32 Å². The van der Waals surface area contributed by atoms with Crippen molar-refractivity contribution in [3.05, 3.63) is 105 Å². The molecule has 4 nitrogen and oxygen atoms in total. The molecule has 0 aliphatic heterocycles. The van der Waals surface area contributed by atoms with Crippen LogP contribution in [-0.4, -0.2) is 9.55 Å². The molecule has 4 rings (SSSR count). The van der Waals surface area contributed by atoms with Gasteiger partial charge in [0, 0.05) is 17.1 Å². The summed E-state index contributed by atoms with van der Waals surface area (Å²) in [6.45, 7) is 2.72. The van der Waals surface area contributed by atoms with Gasteiger partial charge in [-0.05, 0) is 41.8 Å². The minimum absolute atomic E-state index is 0.185. The standard InChI is InChI=1S/C24H22ClN3O/c1-2-17-8-14-21(15-9-17)28-22(19-10-12-20(25)13-11-19)23(27-24(28)29)26-16-18-6-4-3-5-7-18/h3-15,26H,2,16H2,1H3,(H,27,29). The second kappa shape index (κ2) is 8.41. The highest BCUT2D eigenvalue weighted by Crippen LogP contribution is 2.29. The number of aromatic amines is 1. The van der Waals surface area contributed by atoms with Gasteiger partial charge in [0.1, 0.15) is 5.82 Å². The molecule has 0 atom stereocenters. The number of anilines is 1. The summed E-state index contributed by atoms with van der Waals surface area (Å²) in [7, 11) is 0. The van der Waals surface area contributed by atoms with E-state index in [1.807, 2.05) is 66.7 Å². The number of rotatable bonds is 6. The molecule has 0 radical (unpaired) electrons. The maximum Gasteiger partial charge on any atom is 0.332 e. The molecule has 29 heavy (non-hydrogen) atoms. The molecule has 0 aliphatic rings. The Balaban J connectivity index is 1.80. The van der Waals surface area contributed by atoms with Crippen LogP contribution < -0.4 is 11.0 Å². The number of nitrogens with one attached hydrogen (secondary N) is 2. The monoisotopic (exact) mass is 403 g/mol. The van der Waals surface area contributed by atoms with Crippen LogP contribution in [0.4, 0.5) is 5.82 Å². The first-order valence-electron chi connectivity index (χ1n) is 9.64. The third-order valence-corrected chi connectivity index (χ3v) is 5.18. The molecule has 1 heterocycles. The number of H-pyrrole nitrogens is 1. The van der Waals surface area contributed by atoms with Crippen LogP contribution >= 0.6 is 11.6 Å². The summed E-state index contributed by atoms with van der Waals surface area (Å²) >= 11 is 6.08. The van der Waals surface area contributed by atoms with Gasteiger partial charge in [-0.1, -0.05) is 73.1 Å². The van der Waals surface area contributed by atoms with Crippen molar-refractivity contribution in [2.75, 3.05) is 5.32 Å². The van der Waals surface area contributed by atoms with Gasteiger partial charge in [-0.2, -0.15) is 0 Å². The van der Waals surface area contributed by atoms with Crippen LogP contribution in [0.25, 0.3) is 16.9 Å². The lowest BCUT2D eigenvalue weighted by Crippen LogP contribution is -2.15. The second-order valence-corrected chi connectivity index (χ2v) is 7.29. The van der Waals surface area contributed by atoms with Crippen LogP contribution in [-0.2, 0) is 13.0 Å². The fourth-order valence-corrected chi connectivity index (χ4v) is 3.48. The average molecular weight is 404 g/mol. The summed E-state index contributed by atoms with van der Waals surface area (Å²) in [6, 6.07) is 25.7. The largest absolute Gasteiger partial charge is 0.366 e. The maximum absolute atomic E-state index is 12.9. The Morgan fingerprint density at radius 2 is 1.59 bits per heavy atom. The molecule has 0 bridgehead atoms. The predicted molar refractivity (Wildman–Crippen MR) is 120 cm³/mol. The van der Waals surface area contributed by atoms with Crippen molar-refractivity contribution in [3.8, 4) is 16.9 Å². The van der Waals surface area contributed by atoms with Crippen LogP contribution in [0.3, 0.4) is 0 Å². The van der Waals surface area contributed by atoms with E-state index in [0.717, 1.165) is 28.9 Å². The Labute approximate surface area is 174 Å². The van der Waals surface area contributed by atoms with E-state index >= 15 is 0 Å². The molecule has 146 valence electrons. The van der Waals surface area contributed by atoms with Gasteiger partial charge in [-0.15, -0.1) is 0 Å². The quantitative estimate of drug-likeness (QED) is 0.436. The van der Waals surface area contributed by atoms with Gasteiger partial charge in [0.15, 0.2) is 0 Å². The number of aromatic nitrogens is 2. The third kappa shape index (κ3) is 4.13. The first kappa shape index (κ1) is 19.1. The number of hydrogen-bond donors (Lipinski definition) is 2. The van der Waals surface area contributed by atoms with Crippen molar-refractivity contribution in [1.29, 1.82) is 0 Å². The number of aryl methyl sites for hydroxylation is 1. The summed E-state index contributed by atoms with van der Waals surface area (Å²) in [6.07, 6.45) is 0.955. The fraction of sp³-hybridized carbons (Fsp3) is 0.125. The second-order valence-electron chi connectivity index (χ2n) is 6.86. The first-order valence-corrected chi connectivity index (χ1v) is 10.0. The van der Waals surface area contributed by atoms with E-state index in [9.17, 15) is 4.79 Å². The zero-order valence-corrected chi connectivity index (χ0v) is 16.9. The van der Waals surface area contributed by atoms with Crippen molar-refractivity contribution in [2.45, 2.75) is 19.9 Å². The highest BCUT2D eigenvalue weighted by atomic mass is 35.5. The molecule has 1 aromatic heterocycles. The van der Waals surface area contributed by atoms with E-state index in [-0.39, 0.29) is 5.69 Å². The normalized spacial score (nSPS) is 10.8. The first-order chi connectivity index (χ1) is 14.2. The zero-order chi connectivity index (χ0) is 20.2. The summed E-state index contributed by atoms with van der Waals surface area (Å²) in [4.78, 5) is 15.9. The van der Waals surface area contributed by atoms with Gasteiger partial charge in [0.25, 0.3) is 0 Å². The fourth-order valence-electron chi connectivity index (χ4n) is 3.36. The summed E-state index contributed by atoms with van der Waals surface area (Å²) in [5.74, 6) is 0.681. The van der Waals surface area contributed by atoms with Crippen LogP contribution in [0.5, 0.6) is 0 Å². The van der Waals surface area contributed by atoms with Gasteiger partial charge in [0.2, 0.25) is 0 Å². The summed E-state index contributed by atoms with van der Waals surface area (Å²) < 4.78 is 1.70. The predicted octanol–water partition coefficient (Wildman–Crippen LogP) is 5.66. The summed E-state index contributed by atoms with van der Waals surface area (Å²) in [5.41, 5.74) is 4.69. The van der Waals surface area contributed by atoms with E-state index in [2.05, 4.69) is 29.4 Å². The Kier molecular flexibility index (Phi) is 5.54. The maximum atomic E-state index is 12.9. The average Bonchev–Trinajstić information content (AvgIpc) is 3.09. The lowest BCUT2D eigenvalue weighted by molar-refractivity contribution is 0.988. The van der Waals surface area contributed by atoms with E-state index < -0.39 is 0 Å². The number of nitrogens with zero attached hydrogens (tertiary/aromatic N) is 1. The topological polar surface area (TPSA) is 49.8 Å². The molecular weight excluding hydrogens is 382 g/mol. The van der Waals surface area contributed by atoms with E-state index in [1.165, 1.54) is 5.56 Å². The third-order valence-electron chi connectivity index (χ3n) is 4.93. The number of hydrogen-bond acceptors (Lipinski definition) is 2.